The van der Waals surface area contributed by atoms with Crippen LogP contribution in [0.15, 0.2) is 30.3 Å². The van der Waals surface area contributed by atoms with Gasteiger partial charge in [-0.25, -0.2) is 0 Å². The first-order valence-electron chi connectivity index (χ1n) is 7.24. The van der Waals surface area contributed by atoms with Crippen LogP contribution in [-0.2, 0) is 4.79 Å². The maximum atomic E-state index is 12.0. The van der Waals surface area contributed by atoms with Crippen LogP contribution in [0.1, 0.15) is 37.8 Å². The molecule has 0 radical (unpaired) electrons. The molecule has 2 atom stereocenters. The zero-order valence-corrected chi connectivity index (χ0v) is 11.9. The van der Waals surface area contributed by atoms with E-state index in [2.05, 4.69) is 24.4 Å². The summed E-state index contributed by atoms with van der Waals surface area (Å²) in [7, 11) is 1.96. The van der Waals surface area contributed by atoms with Crippen molar-refractivity contribution in [3.05, 3.63) is 35.9 Å². The molecule has 1 amide bonds. The van der Waals surface area contributed by atoms with Gasteiger partial charge in [-0.2, -0.15) is 0 Å². The Kier molecular flexibility index (Phi) is 4.97. The fourth-order valence-electron chi connectivity index (χ4n) is 2.90. The highest BCUT2D eigenvalue weighted by molar-refractivity contribution is 5.78. The first-order chi connectivity index (χ1) is 9.24. The van der Waals surface area contributed by atoms with Crippen LogP contribution in [0.25, 0.3) is 0 Å². The predicted molar refractivity (Wildman–Crippen MR) is 77.8 cm³/mol. The fraction of sp³-hybridized carbons (Fsp3) is 0.562. The Balaban J connectivity index is 1.98. The molecule has 1 aliphatic rings. The second kappa shape index (κ2) is 6.71. The van der Waals surface area contributed by atoms with Gasteiger partial charge in [-0.15, -0.1) is 0 Å². The van der Waals surface area contributed by atoms with E-state index >= 15 is 0 Å². The van der Waals surface area contributed by atoms with Crippen LogP contribution in [-0.4, -0.2) is 30.9 Å². The molecule has 104 valence electrons. The van der Waals surface area contributed by atoms with Crippen molar-refractivity contribution in [1.29, 1.82) is 0 Å². The molecule has 2 rings (SSSR count). The number of nitrogens with zero attached hydrogens (tertiary/aromatic N) is 1. The van der Waals surface area contributed by atoms with E-state index in [0.29, 0.717) is 11.8 Å². The molecule has 1 heterocycles. The number of benzene rings is 1. The van der Waals surface area contributed by atoms with Crippen molar-refractivity contribution in [2.24, 2.45) is 5.92 Å². The zero-order valence-electron chi connectivity index (χ0n) is 11.9. The summed E-state index contributed by atoms with van der Waals surface area (Å²) in [4.78, 5) is 14.1. The van der Waals surface area contributed by atoms with Crippen LogP contribution in [0.2, 0.25) is 0 Å². The Bertz CT molecular complexity index is 404. The van der Waals surface area contributed by atoms with Gasteiger partial charge in [-0.05, 0) is 24.9 Å². The average Bonchev–Trinajstić information content (AvgIpc) is 2.77. The molecule has 1 aliphatic heterocycles. The Morgan fingerprint density at radius 3 is 2.74 bits per heavy atom. The standard InChI is InChI=1S/C16H24N2O/c1-3-7-13-10-16(19)18(11-13)12-15(17-2)14-8-5-4-6-9-14/h4-6,8-9,13,15,17H,3,7,10-12H2,1-2H3. The number of carbonyl (C=O) groups is 1. The second-order valence-electron chi connectivity index (χ2n) is 5.41. The molecular weight excluding hydrogens is 236 g/mol. The molecular formula is C16H24N2O. The van der Waals surface area contributed by atoms with Crippen LogP contribution in [0.3, 0.4) is 0 Å². The predicted octanol–water partition coefficient (Wildman–Crippen LogP) is 2.60. The van der Waals surface area contributed by atoms with Crippen LogP contribution >= 0.6 is 0 Å². The molecule has 0 bridgehead atoms. The second-order valence-corrected chi connectivity index (χ2v) is 5.41. The molecule has 1 aromatic carbocycles. The lowest BCUT2D eigenvalue weighted by Crippen LogP contribution is -2.34. The molecule has 0 aliphatic carbocycles. The van der Waals surface area contributed by atoms with E-state index in [9.17, 15) is 4.79 Å². The molecule has 0 spiro atoms. The quantitative estimate of drug-likeness (QED) is 0.852. The minimum Gasteiger partial charge on any atom is -0.340 e. The number of likely N-dealkylation sites (N-methyl/N-ethyl adjacent to an activating group) is 1. The number of carbonyl (C=O) groups excluding carboxylic acids is 1. The monoisotopic (exact) mass is 260 g/mol. The summed E-state index contributed by atoms with van der Waals surface area (Å²) in [6.45, 7) is 3.89. The van der Waals surface area contributed by atoms with Crippen molar-refractivity contribution >= 4 is 5.91 Å². The summed E-state index contributed by atoms with van der Waals surface area (Å²) in [6.07, 6.45) is 3.07. The lowest BCUT2D eigenvalue weighted by Gasteiger charge is -2.24. The summed E-state index contributed by atoms with van der Waals surface area (Å²) in [5.74, 6) is 0.875. The molecule has 1 N–H and O–H groups in total. The minimum atomic E-state index is 0.227. The van der Waals surface area contributed by atoms with E-state index in [1.165, 1.54) is 12.0 Å². The molecule has 2 unspecified atom stereocenters. The molecule has 0 aromatic heterocycles. The van der Waals surface area contributed by atoms with Crippen molar-refractivity contribution in [3.8, 4) is 0 Å². The third kappa shape index (κ3) is 3.57. The lowest BCUT2D eigenvalue weighted by molar-refractivity contribution is -0.128. The number of hydrogen-bond acceptors (Lipinski definition) is 2. The van der Waals surface area contributed by atoms with Gasteiger partial charge in [0, 0.05) is 25.6 Å². The number of likely N-dealkylation sites (tertiary alicyclic amines) is 1. The highest BCUT2D eigenvalue weighted by Gasteiger charge is 2.30. The van der Waals surface area contributed by atoms with Gasteiger partial charge in [-0.3, -0.25) is 4.79 Å². The van der Waals surface area contributed by atoms with Crippen molar-refractivity contribution in [1.82, 2.24) is 10.2 Å². The van der Waals surface area contributed by atoms with E-state index in [-0.39, 0.29) is 6.04 Å². The Labute approximate surface area is 116 Å². The highest BCUT2D eigenvalue weighted by Crippen LogP contribution is 2.24. The number of rotatable bonds is 6. The van der Waals surface area contributed by atoms with Crippen LogP contribution in [0.4, 0.5) is 0 Å². The van der Waals surface area contributed by atoms with Crippen molar-refractivity contribution < 1.29 is 4.79 Å². The highest BCUT2D eigenvalue weighted by atomic mass is 16.2. The van der Waals surface area contributed by atoms with Gasteiger partial charge in [0.25, 0.3) is 0 Å². The number of hydrogen-bond donors (Lipinski definition) is 1. The topological polar surface area (TPSA) is 32.3 Å². The van der Waals surface area contributed by atoms with Gasteiger partial charge in [0.15, 0.2) is 0 Å². The first-order valence-corrected chi connectivity index (χ1v) is 7.24. The number of nitrogens with one attached hydrogen (secondary N) is 1. The number of amides is 1. The van der Waals surface area contributed by atoms with E-state index in [1.54, 1.807) is 0 Å². The van der Waals surface area contributed by atoms with Gasteiger partial charge in [0.1, 0.15) is 0 Å². The van der Waals surface area contributed by atoms with Crippen LogP contribution < -0.4 is 5.32 Å². The fourth-order valence-corrected chi connectivity index (χ4v) is 2.90. The van der Waals surface area contributed by atoms with E-state index in [0.717, 1.165) is 25.9 Å². The van der Waals surface area contributed by atoms with Gasteiger partial charge in [0.05, 0.1) is 0 Å². The van der Waals surface area contributed by atoms with Gasteiger partial charge in [-0.1, -0.05) is 43.7 Å². The maximum absolute atomic E-state index is 12.0. The maximum Gasteiger partial charge on any atom is 0.222 e. The average molecular weight is 260 g/mol. The molecule has 3 heteroatoms. The largest absolute Gasteiger partial charge is 0.340 e. The minimum absolute atomic E-state index is 0.227. The molecule has 3 nitrogen and oxygen atoms in total. The van der Waals surface area contributed by atoms with E-state index in [4.69, 9.17) is 0 Å². The summed E-state index contributed by atoms with van der Waals surface area (Å²) in [5.41, 5.74) is 1.25. The van der Waals surface area contributed by atoms with E-state index < -0.39 is 0 Å². The van der Waals surface area contributed by atoms with Gasteiger partial charge < -0.3 is 10.2 Å². The SMILES string of the molecule is CCCC1CC(=O)N(CC(NC)c2ccccc2)C1. The molecule has 0 saturated carbocycles. The summed E-state index contributed by atoms with van der Waals surface area (Å²) in [6, 6.07) is 10.6. The van der Waals surface area contributed by atoms with E-state index in [1.807, 2.05) is 30.1 Å². The Morgan fingerprint density at radius 1 is 1.37 bits per heavy atom. The first kappa shape index (κ1) is 14.1. The zero-order chi connectivity index (χ0) is 13.7. The van der Waals surface area contributed by atoms with Gasteiger partial charge >= 0.3 is 0 Å². The van der Waals surface area contributed by atoms with Crippen molar-refractivity contribution in [3.63, 3.8) is 0 Å². The molecule has 1 aromatic rings. The summed E-state index contributed by atoms with van der Waals surface area (Å²) < 4.78 is 0. The van der Waals surface area contributed by atoms with Crippen molar-refractivity contribution in [2.75, 3.05) is 20.1 Å². The Hall–Kier alpha value is -1.35. The third-order valence-corrected chi connectivity index (χ3v) is 3.94. The molecule has 1 saturated heterocycles. The van der Waals surface area contributed by atoms with Crippen LogP contribution in [0.5, 0.6) is 0 Å². The van der Waals surface area contributed by atoms with Gasteiger partial charge in [0.2, 0.25) is 5.91 Å². The normalized spacial score (nSPS) is 20.8. The van der Waals surface area contributed by atoms with Crippen LogP contribution in [0, 0.1) is 5.92 Å². The molecule has 19 heavy (non-hydrogen) atoms. The molecule has 1 fully saturated rings. The van der Waals surface area contributed by atoms with Crippen molar-refractivity contribution in [2.45, 2.75) is 32.2 Å². The third-order valence-electron chi connectivity index (χ3n) is 3.94. The Morgan fingerprint density at radius 2 is 2.11 bits per heavy atom. The summed E-state index contributed by atoms with van der Waals surface area (Å²) >= 11 is 0. The summed E-state index contributed by atoms with van der Waals surface area (Å²) in [5, 5.41) is 3.32. The lowest BCUT2D eigenvalue weighted by atomic mass is 10.0. The smallest absolute Gasteiger partial charge is 0.222 e.